The van der Waals surface area contributed by atoms with Crippen LogP contribution in [0.1, 0.15) is 53.5 Å². The van der Waals surface area contributed by atoms with Crippen LogP contribution in [0.2, 0.25) is 0 Å². The number of carbonyl (C=O) groups excluding carboxylic acids is 3. The number of rotatable bonds is 9. The molecule has 1 aromatic rings. The van der Waals surface area contributed by atoms with Crippen molar-refractivity contribution < 1.29 is 23.9 Å². The Labute approximate surface area is 197 Å². The Morgan fingerprint density at radius 1 is 1.12 bits per heavy atom. The normalized spacial score (nSPS) is 13.0. The molecule has 8 nitrogen and oxygen atoms in total. The molecule has 0 aliphatic carbocycles. The van der Waals surface area contributed by atoms with Gasteiger partial charge in [0.1, 0.15) is 17.9 Å². The molecule has 1 amide bonds. The molecule has 1 rings (SSSR count). The highest BCUT2D eigenvalue weighted by atomic mass is 32.1. The van der Waals surface area contributed by atoms with Crippen molar-refractivity contribution in [1.82, 2.24) is 10.0 Å². The number of anilines is 1. The molecule has 0 spiro atoms. The third-order valence-corrected chi connectivity index (χ3v) is 4.55. The van der Waals surface area contributed by atoms with Gasteiger partial charge in [0.05, 0.1) is 7.11 Å². The molecule has 0 radical (unpaired) electrons. The van der Waals surface area contributed by atoms with Crippen molar-refractivity contribution in [2.75, 3.05) is 19.5 Å². The Kier molecular flexibility index (Phi) is 13.0. The molecule has 0 aliphatic rings. The zero-order chi connectivity index (χ0) is 24.9. The molecule has 0 bridgehead atoms. The molecule has 0 aliphatic heterocycles. The summed E-state index contributed by atoms with van der Waals surface area (Å²) in [5.41, 5.74) is 1.17. The fourth-order valence-corrected chi connectivity index (χ4v) is 2.96. The quantitative estimate of drug-likeness (QED) is 0.248. The van der Waals surface area contributed by atoms with Gasteiger partial charge in [0.25, 0.3) is 0 Å². The first kappa shape index (κ1) is 29.7. The van der Waals surface area contributed by atoms with Gasteiger partial charge < -0.3 is 24.9 Å². The molecule has 0 aromatic heterocycles. The number of alkyl carbamates (subject to hydrolysis) is 1. The number of hydrogen-bond donors (Lipinski definition) is 4. The van der Waals surface area contributed by atoms with Crippen LogP contribution in [0.25, 0.3) is 0 Å². The summed E-state index contributed by atoms with van der Waals surface area (Å²) in [6.45, 7) is 11.0. The van der Waals surface area contributed by atoms with Gasteiger partial charge in [-0.1, -0.05) is 38.8 Å². The fourth-order valence-electron chi connectivity index (χ4n) is 2.76. The zero-order valence-corrected chi connectivity index (χ0v) is 21.3. The highest BCUT2D eigenvalue weighted by molar-refractivity contribution is 7.78. The second-order valence-corrected chi connectivity index (χ2v) is 9.47. The number of thiol groups is 1. The van der Waals surface area contributed by atoms with Gasteiger partial charge in [0.15, 0.2) is 0 Å². The van der Waals surface area contributed by atoms with E-state index in [0.29, 0.717) is 12.8 Å². The van der Waals surface area contributed by atoms with Gasteiger partial charge in [-0.15, -0.1) is 0 Å². The Balaban J connectivity index is 0.000000601. The summed E-state index contributed by atoms with van der Waals surface area (Å²) in [4.78, 5) is 33.5. The highest BCUT2D eigenvalue weighted by Gasteiger charge is 2.23. The molecule has 9 heteroatoms. The Morgan fingerprint density at radius 2 is 1.69 bits per heavy atom. The van der Waals surface area contributed by atoms with Crippen molar-refractivity contribution in [1.29, 1.82) is 0 Å². The summed E-state index contributed by atoms with van der Waals surface area (Å²) in [6.07, 6.45) is 1.61. The highest BCUT2D eigenvalue weighted by Crippen LogP contribution is 2.19. The second-order valence-electron chi connectivity index (χ2n) is 9.21. The van der Waals surface area contributed by atoms with Gasteiger partial charge in [-0.2, -0.15) is 0 Å². The van der Waals surface area contributed by atoms with E-state index >= 15 is 0 Å². The SMILES string of the molecule is CC(CC(C)(C)C=O)NC(=O)OC(C)(C)C.CNc1ccc(CC(NS)C(=O)OC)cc1. The van der Waals surface area contributed by atoms with Crippen molar-refractivity contribution in [2.45, 2.75) is 72.1 Å². The van der Waals surface area contributed by atoms with Crippen molar-refractivity contribution in [2.24, 2.45) is 5.41 Å². The molecule has 0 saturated carbocycles. The van der Waals surface area contributed by atoms with E-state index in [9.17, 15) is 14.4 Å². The first-order valence-corrected chi connectivity index (χ1v) is 10.9. The minimum absolute atomic E-state index is 0.0879. The van der Waals surface area contributed by atoms with E-state index in [0.717, 1.165) is 17.5 Å². The second kappa shape index (κ2) is 14.0. The van der Waals surface area contributed by atoms with Crippen LogP contribution in [0, 0.1) is 5.41 Å². The Bertz CT molecular complexity index is 717. The zero-order valence-electron chi connectivity index (χ0n) is 20.4. The van der Waals surface area contributed by atoms with Crippen LogP contribution >= 0.6 is 12.8 Å². The first-order valence-electron chi connectivity index (χ1n) is 10.5. The van der Waals surface area contributed by atoms with E-state index in [1.165, 1.54) is 7.11 Å². The van der Waals surface area contributed by atoms with Crippen LogP contribution < -0.4 is 15.4 Å². The molecule has 1 aromatic carbocycles. The van der Waals surface area contributed by atoms with E-state index in [1.807, 2.05) is 72.9 Å². The molecule has 0 fully saturated rings. The fraction of sp³-hybridized carbons (Fsp3) is 0.609. The van der Waals surface area contributed by atoms with E-state index in [4.69, 9.17) is 4.74 Å². The number of aldehydes is 1. The van der Waals surface area contributed by atoms with Crippen molar-refractivity contribution in [3.63, 3.8) is 0 Å². The number of amides is 1. The van der Waals surface area contributed by atoms with Crippen LogP contribution in [-0.4, -0.2) is 50.2 Å². The van der Waals surface area contributed by atoms with Crippen LogP contribution in [0.3, 0.4) is 0 Å². The average Bonchev–Trinajstić information content (AvgIpc) is 2.70. The summed E-state index contributed by atoms with van der Waals surface area (Å²) in [5.74, 6) is -0.312. The van der Waals surface area contributed by atoms with E-state index in [-0.39, 0.29) is 12.0 Å². The first-order chi connectivity index (χ1) is 14.8. The third-order valence-electron chi connectivity index (χ3n) is 4.24. The average molecular weight is 470 g/mol. The van der Waals surface area contributed by atoms with E-state index in [2.05, 4.69) is 32.9 Å². The maximum Gasteiger partial charge on any atom is 0.407 e. The molecule has 2 atom stereocenters. The lowest BCUT2D eigenvalue weighted by Gasteiger charge is -2.25. The Morgan fingerprint density at radius 3 is 2.09 bits per heavy atom. The monoisotopic (exact) mass is 469 g/mol. The maximum atomic E-state index is 11.4. The van der Waals surface area contributed by atoms with Crippen molar-refractivity contribution >= 4 is 36.9 Å². The lowest BCUT2D eigenvalue weighted by molar-refractivity contribution is -0.142. The predicted octanol–water partition coefficient (Wildman–Crippen LogP) is 3.76. The Hall–Kier alpha value is -2.26. The number of esters is 1. The van der Waals surface area contributed by atoms with Crippen molar-refractivity contribution in [3.8, 4) is 0 Å². The number of hydrogen-bond acceptors (Lipinski definition) is 8. The summed E-state index contributed by atoms with van der Waals surface area (Å²) in [6, 6.07) is 7.34. The summed E-state index contributed by atoms with van der Waals surface area (Å²) >= 11 is 3.91. The molecular formula is C23H39N3O5S. The van der Waals surface area contributed by atoms with Gasteiger partial charge in [-0.05, 0) is 58.2 Å². The van der Waals surface area contributed by atoms with Crippen LogP contribution in [0.5, 0.6) is 0 Å². The summed E-state index contributed by atoms with van der Waals surface area (Å²) in [5, 5.41) is 5.74. The standard InChI is InChI=1S/C12H23NO3.C11H16N2O2S/c1-9(7-12(5,6)8-14)13-10(15)16-11(2,3)4;1-12-9-5-3-8(4-6-9)7-10(13-16)11(14)15-2/h8-9H,7H2,1-6H3,(H,13,15);3-6,10,12-13,16H,7H2,1-2H3. The smallest absolute Gasteiger partial charge is 0.407 e. The largest absolute Gasteiger partial charge is 0.468 e. The van der Waals surface area contributed by atoms with Crippen LogP contribution in [0.15, 0.2) is 24.3 Å². The number of ether oxygens (including phenoxy) is 2. The van der Waals surface area contributed by atoms with Crippen LogP contribution in [0.4, 0.5) is 10.5 Å². The van der Waals surface area contributed by atoms with Gasteiger partial charge in [0, 0.05) is 24.2 Å². The van der Waals surface area contributed by atoms with E-state index in [1.54, 1.807) is 0 Å². The minimum atomic E-state index is -0.496. The molecule has 182 valence electrons. The van der Waals surface area contributed by atoms with Gasteiger partial charge in [0.2, 0.25) is 0 Å². The summed E-state index contributed by atoms with van der Waals surface area (Å²) < 4.78 is 12.4. The van der Waals surface area contributed by atoms with Crippen molar-refractivity contribution in [3.05, 3.63) is 29.8 Å². The van der Waals surface area contributed by atoms with Crippen LogP contribution in [-0.2, 0) is 25.5 Å². The maximum absolute atomic E-state index is 11.4. The third kappa shape index (κ3) is 13.2. The van der Waals surface area contributed by atoms with Gasteiger partial charge in [-0.25, -0.2) is 4.79 Å². The number of methoxy groups -OCH3 is 1. The molecule has 0 heterocycles. The number of nitrogens with one attached hydrogen (secondary N) is 3. The predicted molar refractivity (Wildman–Crippen MR) is 131 cm³/mol. The molecule has 2 unspecified atom stereocenters. The molecular weight excluding hydrogens is 430 g/mol. The lowest BCUT2D eigenvalue weighted by atomic mass is 9.88. The number of benzene rings is 1. The molecule has 32 heavy (non-hydrogen) atoms. The summed E-state index contributed by atoms with van der Waals surface area (Å²) in [7, 11) is 3.23. The lowest BCUT2D eigenvalue weighted by Crippen LogP contribution is -2.39. The van der Waals surface area contributed by atoms with E-state index < -0.39 is 23.2 Å². The molecule has 0 saturated heterocycles. The number of carbonyl (C=O) groups is 3. The van der Waals surface area contributed by atoms with Gasteiger partial charge in [-0.3, -0.25) is 9.52 Å². The molecule has 3 N–H and O–H groups in total. The van der Waals surface area contributed by atoms with Gasteiger partial charge >= 0.3 is 12.1 Å². The topological polar surface area (TPSA) is 106 Å². The minimum Gasteiger partial charge on any atom is -0.468 e.